The molecule has 192 valence electrons. The molecule has 4 N–H and O–H groups in total. The average Bonchev–Trinajstić information content (AvgIpc) is 3.57. The van der Waals surface area contributed by atoms with Crippen molar-refractivity contribution in [3.63, 3.8) is 0 Å². The van der Waals surface area contributed by atoms with E-state index in [2.05, 4.69) is 58.3 Å². The standard InChI is InChI=1S/C30H33FN4O2/c1-18-4-8-24-23(16-32-26(24)14-18)12-13-35(17-27-19(2)30(31)20(3)33-27)28-10-7-22-15-21(5-9-25(22)28)6-11-29(36)34-37/h4-6,8-9,11,14-16,28,32-33,37H,7,10,12-13,17H2,1-3H3,(H,34,36)/b11-6+. The molecule has 37 heavy (non-hydrogen) atoms. The van der Waals surface area contributed by atoms with Crippen molar-refractivity contribution < 1.29 is 14.4 Å². The Morgan fingerprint density at radius 2 is 2.05 bits per heavy atom. The van der Waals surface area contributed by atoms with Gasteiger partial charge < -0.3 is 9.97 Å². The van der Waals surface area contributed by atoms with E-state index in [1.807, 2.05) is 13.0 Å². The highest BCUT2D eigenvalue weighted by atomic mass is 19.1. The molecule has 0 radical (unpaired) electrons. The van der Waals surface area contributed by atoms with Crippen LogP contribution >= 0.6 is 0 Å². The largest absolute Gasteiger partial charge is 0.361 e. The van der Waals surface area contributed by atoms with Gasteiger partial charge in [-0.1, -0.05) is 30.3 Å². The predicted molar refractivity (Wildman–Crippen MR) is 144 cm³/mol. The third kappa shape index (κ3) is 5.10. The Balaban J connectivity index is 1.42. The van der Waals surface area contributed by atoms with Crippen LogP contribution in [0.5, 0.6) is 0 Å². The fourth-order valence-corrected chi connectivity index (χ4v) is 5.57. The van der Waals surface area contributed by atoms with Crippen molar-refractivity contribution in [2.75, 3.05) is 6.54 Å². The van der Waals surface area contributed by atoms with Gasteiger partial charge in [0.15, 0.2) is 0 Å². The highest BCUT2D eigenvalue weighted by molar-refractivity contribution is 5.90. The van der Waals surface area contributed by atoms with E-state index in [9.17, 15) is 9.18 Å². The van der Waals surface area contributed by atoms with Crippen LogP contribution in [0.25, 0.3) is 17.0 Å². The van der Waals surface area contributed by atoms with E-state index >= 15 is 0 Å². The van der Waals surface area contributed by atoms with E-state index < -0.39 is 5.91 Å². The van der Waals surface area contributed by atoms with E-state index in [1.54, 1.807) is 18.5 Å². The summed E-state index contributed by atoms with van der Waals surface area (Å²) in [4.78, 5) is 20.5. The topological polar surface area (TPSA) is 84.2 Å². The van der Waals surface area contributed by atoms with Gasteiger partial charge in [-0.05, 0) is 80.0 Å². The van der Waals surface area contributed by atoms with E-state index in [-0.39, 0.29) is 11.9 Å². The molecule has 5 rings (SSSR count). The Morgan fingerprint density at radius 3 is 2.81 bits per heavy atom. The molecule has 0 saturated carbocycles. The Morgan fingerprint density at radius 1 is 1.22 bits per heavy atom. The number of H-pyrrole nitrogens is 2. The van der Waals surface area contributed by atoms with Crippen LogP contribution in [0.1, 0.15) is 57.2 Å². The van der Waals surface area contributed by atoms with Crippen LogP contribution in [0.3, 0.4) is 0 Å². The molecule has 0 saturated heterocycles. The number of hydrogen-bond acceptors (Lipinski definition) is 3. The van der Waals surface area contributed by atoms with Crippen LogP contribution in [0.2, 0.25) is 0 Å². The van der Waals surface area contributed by atoms with Crippen LogP contribution in [-0.2, 0) is 24.2 Å². The molecule has 6 nitrogen and oxygen atoms in total. The summed E-state index contributed by atoms with van der Waals surface area (Å²) in [6.45, 7) is 7.20. The number of rotatable bonds is 8. The summed E-state index contributed by atoms with van der Waals surface area (Å²) in [6.07, 6.45) is 7.92. The number of fused-ring (bicyclic) bond motifs is 2. The lowest BCUT2D eigenvalue weighted by molar-refractivity contribution is -0.124. The van der Waals surface area contributed by atoms with Gasteiger partial charge in [0.2, 0.25) is 0 Å². The van der Waals surface area contributed by atoms with Crippen LogP contribution < -0.4 is 5.48 Å². The van der Waals surface area contributed by atoms with Crippen LogP contribution in [0, 0.1) is 26.6 Å². The molecular formula is C30H33FN4O2. The average molecular weight is 501 g/mol. The first-order valence-corrected chi connectivity index (χ1v) is 12.7. The van der Waals surface area contributed by atoms with Crippen molar-refractivity contribution in [2.45, 2.75) is 52.6 Å². The maximum atomic E-state index is 14.5. The minimum absolute atomic E-state index is 0.155. The number of hydrogen-bond donors (Lipinski definition) is 4. The van der Waals surface area contributed by atoms with Gasteiger partial charge in [-0.25, -0.2) is 9.87 Å². The normalized spacial score (nSPS) is 15.2. The summed E-state index contributed by atoms with van der Waals surface area (Å²) < 4.78 is 14.5. The Labute approximate surface area is 216 Å². The van der Waals surface area contributed by atoms with E-state index in [0.29, 0.717) is 17.8 Å². The maximum absolute atomic E-state index is 14.5. The van der Waals surface area contributed by atoms with Crippen molar-refractivity contribution in [3.8, 4) is 0 Å². The number of carbonyl (C=O) groups excluding carboxylic acids is 1. The summed E-state index contributed by atoms with van der Waals surface area (Å²) in [6, 6.07) is 13.0. The number of hydroxylamine groups is 1. The molecule has 2 aromatic carbocycles. The Hall–Kier alpha value is -3.68. The molecule has 1 unspecified atom stereocenters. The lowest BCUT2D eigenvalue weighted by atomic mass is 10.0. The second kappa shape index (κ2) is 10.4. The van der Waals surface area contributed by atoms with Crippen molar-refractivity contribution >= 4 is 22.9 Å². The van der Waals surface area contributed by atoms with Crippen molar-refractivity contribution in [1.29, 1.82) is 0 Å². The lowest BCUT2D eigenvalue weighted by Crippen LogP contribution is -2.30. The molecule has 0 bridgehead atoms. The van der Waals surface area contributed by atoms with Gasteiger partial charge >= 0.3 is 0 Å². The number of carbonyl (C=O) groups is 1. The third-order valence-corrected chi connectivity index (χ3v) is 7.59. The summed E-state index contributed by atoms with van der Waals surface area (Å²) in [5.74, 6) is -0.710. The molecule has 0 spiro atoms. The molecule has 2 heterocycles. The first kappa shape index (κ1) is 25.0. The number of aromatic amines is 2. The second-order valence-electron chi connectivity index (χ2n) is 10.1. The lowest BCUT2D eigenvalue weighted by Gasteiger charge is -2.30. The maximum Gasteiger partial charge on any atom is 0.267 e. The number of amides is 1. The highest BCUT2D eigenvalue weighted by Crippen LogP contribution is 2.38. The minimum atomic E-state index is -0.555. The zero-order valence-electron chi connectivity index (χ0n) is 21.5. The van der Waals surface area contributed by atoms with E-state index in [0.717, 1.165) is 42.6 Å². The molecule has 1 amide bonds. The number of aromatic nitrogens is 2. The minimum Gasteiger partial charge on any atom is -0.361 e. The number of aryl methyl sites for hydroxylation is 3. The molecule has 0 aliphatic heterocycles. The molecule has 4 aromatic rings. The van der Waals surface area contributed by atoms with Crippen molar-refractivity contribution in [3.05, 3.63) is 99.3 Å². The van der Waals surface area contributed by atoms with Crippen LogP contribution in [-0.4, -0.2) is 32.5 Å². The van der Waals surface area contributed by atoms with Gasteiger partial charge in [0.05, 0.1) is 0 Å². The first-order valence-electron chi connectivity index (χ1n) is 12.7. The number of benzene rings is 2. The molecular weight excluding hydrogens is 467 g/mol. The SMILES string of the molecule is Cc1ccc2c(CCN(Cc3[nH]c(C)c(F)c3C)C3CCc4cc(/C=C/C(=O)NO)ccc43)c[nH]c2c1. The zero-order chi connectivity index (χ0) is 26.1. The summed E-state index contributed by atoms with van der Waals surface area (Å²) >= 11 is 0. The molecule has 7 heteroatoms. The van der Waals surface area contributed by atoms with E-state index in [4.69, 9.17) is 5.21 Å². The number of nitrogens with zero attached hydrogens (tertiary/aromatic N) is 1. The van der Waals surface area contributed by atoms with Crippen LogP contribution in [0.4, 0.5) is 4.39 Å². The van der Waals surface area contributed by atoms with Crippen molar-refractivity contribution in [2.24, 2.45) is 0 Å². The van der Waals surface area contributed by atoms with Gasteiger partial charge in [0.25, 0.3) is 5.91 Å². The second-order valence-corrected chi connectivity index (χ2v) is 10.1. The van der Waals surface area contributed by atoms with Gasteiger partial charge in [-0.2, -0.15) is 0 Å². The predicted octanol–water partition coefficient (Wildman–Crippen LogP) is 5.81. The highest BCUT2D eigenvalue weighted by Gasteiger charge is 2.29. The van der Waals surface area contributed by atoms with Gasteiger partial charge in [0, 0.05) is 59.3 Å². The monoisotopic (exact) mass is 500 g/mol. The quantitative estimate of drug-likeness (QED) is 0.140. The molecule has 1 aliphatic carbocycles. The van der Waals surface area contributed by atoms with Gasteiger partial charge in [-0.3, -0.25) is 14.9 Å². The van der Waals surface area contributed by atoms with Gasteiger partial charge in [-0.15, -0.1) is 0 Å². The summed E-state index contributed by atoms with van der Waals surface area (Å²) in [7, 11) is 0. The molecule has 2 aromatic heterocycles. The molecule has 1 atom stereocenters. The smallest absolute Gasteiger partial charge is 0.267 e. The summed E-state index contributed by atoms with van der Waals surface area (Å²) in [5, 5.41) is 9.98. The van der Waals surface area contributed by atoms with Crippen molar-refractivity contribution in [1.82, 2.24) is 20.3 Å². The zero-order valence-corrected chi connectivity index (χ0v) is 21.5. The fourth-order valence-electron chi connectivity index (χ4n) is 5.57. The number of nitrogens with one attached hydrogen (secondary N) is 3. The third-order valence-electron chi connectivity index (χ3n) is 7.59. The first-order chi connectivity index (χ1) is 17.8. The Kier molecular flexibility index (Phi) is 7.00. The fraction of sp³-hybridized carbons (Fsp3) is 0.300. The number of halogens is 1. The molecule has 0 fully saturated rings. The molecule has 1 aliphatic rings. The summed E-state index contributed by atoms with van der Waals surface area (Å²) in [5.41, 5.74) is 10.9. The van der Waals surface area contributed by atoms with Crippen LogP contribution in [0.15, 0.2) is 48.7 Å². The van der Waals surface area contributed by atoms with E-state index in [1.165, 1.54) is 33.7 Å². The van der Waals surface area contributed by atoms with Gasteiger partial charge in [0.1, 0.15) is 5.82 Å². The Bertz CT molecular complexity index is 1480.